The van der Waals surface area contributed by atoms with Crippen molar-refractivity contribution in [1.29, 1.82) is 0 Å². The fourth-order valence-corrected chi connectivity index (χ4v) is 6.08. The molecule has 3 aliphatic rings. The van der Waals surface area contributed by atoms with Gasteiger partial charge in [-0.2, -0.15) is 0 Å². The third-order valence-electron chi connectivity index (χ3n) is 8.63. The molecule has 3 aromatic rings. The van der Waals surface area contributed by atoms with Gasteiger partial charge in [0.15, 0.2) is 11.5 Å². The predicted molar refractivity (Wildman–Crippen MR) is 139 cm³/mol. The summed E-state index contributed by atoms with van der Waals surface area (Å²) in [6, 6.07) is 0.289. The quantitative estimate of drug-likeness (QED) is 0.445. The van der Waals surface area contributed by atoms with E-state index < -0.39 is 5.76 Å². The molecule has 2 N–H and O–H groups in total. The summed E-state index contributed by atoms with van der Waals surface area (Å²) >= 11 is 0. The molecular weight excluding hydrogens is 454 g/mol. The Kier molecular flexibility index (Phi) is 6.39. The monoisotopic (exact) mass is 491 g/mol. The number of hydrogen-bond donors (Lipinski definition) is 2. The van der Waals surface area contributed by atoms with E-state index in [-0.39, 0.29) is 11.9 Å². The van der Waals surface area contributed by atoms with E-state index in [1.165, 1.54) is 63.4 Å². The lowest BCUT2D eigenvalue weighted by Crippen LogP contribution is -2.31. The number of rotatable bonds is 7. The predicted octanol–water partition coefficient (Wildman–Crippen LogP) is 5.55. The van der Waals surface area contributed by atoms with Gasteiger partial charge in [0, 0.05) is 12.6 Å². The molecule has 2 fully saturated rings. The van der Waals surface area contributed by atoms with E-state index in [1.807, 2.05) is 0 Å². The Morgan fingerprint density at radius 1 is 1.11 bits per heavy atom. The average molecular weight is 492 g/mol. The summed E-state index contributed by atoms with van der Waals surface area (Å²) in [6.45, 7) is 5.55. The molecule has 0 unspecified atom stereocenters. The number of hydrogen-bond acceptors (Lipinski definition) is 7. The maximum atomic E-state index is 11.7. The molecule has 3 aromatic heterocycles. The molecule has 9 nitrogen and oxygen atoms in total. The first kappa shape index (κ1) is 23.4. The maximum Gasteiger partial charge on any atom is 0.439 e. The highest BCUT2D eigenvalue weighted by Crippen LogP contribution is 2.37. The summed E-state index contributed by atoms with van der Waals surface area (Å²) < 4.78 is 7.15. The zero-order valence-electron chi connectivity index (χ0n) is 21.4. The van der Waals surface area contributed by atoms with Crippen LogP contribution in [0.5, 0.6) is 0 Å². The first-order valence-corrected chi connectivity index (χ1v) is 13.9. The van der Waals surface area contributed by atoms with Crippen molar-refractivity contribution in [3.8, 4) is 11.6 Å². The second-order valence-corrected chi connectivity index (χ2v) is 11.3. The largest absolute Gasteiger partial charge is 0.439 e. The van der Waals surface area contributed by atoms with Crippen LogP contribution in [0.25, 0.3) is 28.4 Å². The van der Waals surface area contributed by atoms with Crippen molar-refractivity contribution in [3.05, 3.63) is 22.5 Å². The normalized spacial score (nSPS) is 23.9. The minimum Gasteiger partial charge on any atom is -0.365 e. The maximum absolute atomic E-state index is 11.7. The van der Waals surface area contributed by atoms with Crippen molar-refractivity contribution in [2.75, 3.05) is 5.32 Å². The number of anilines is 1. The summed E-state index contributed by atoms with van der Waals surface area (Å²) in [7, 11) is 0. The van der Waals surface area contributed by atoms with Gasteiger partial charge in [0.05, 0.1) is 0 Å². The smallest absolute Gasteiger partial charge is 0.365 e. The Balaban J connectivity index is 1.48. The number of aromatic nitrogens is 6. The fourth-order valence-electron chi connectivity index (χ4n) is 6.08. The van der Waals surface area contributed by atoms with Gasteiger partial charge in [0.25, 0.3) is 0 Å². The molecule has 3 aliphatic carbocycles. The molecule has 0 aliphatic heterocycles. The van der Waals surface area contributed by atoms with E-state index in [0.717, 1.165) is 42.5 Å². The van der Waals surface area contributed by atoms with E-state index >= 15 is 0 Å². The Labute approximate surface area is 211 Å². The van der Waals surface area contributed by atoms with Gasteiger partial charge < -0.3 is 9.88 Å². The van der Waals surface area contributed by atoms with Gasteiger partial charge in [0.1, 0.15) is 11.3 Å². The van der Waals surface area contributed by atoms with Gasteiger partial charge >= 0.3 is 5.76 Å². The third kappa shape index (κ3) is 4.60. The molecule has 9 heteroatoms. The number of nitrogens with zero attached hydrogens (tertiary/aromatic N) is 5. The molecule has 0 spiro atoms. The number of fused-ring (bicyclic) bond motifs is 1. The Morgan fingerprint density at radius 3 is 2.61 bits per heavy atom. The Bertz CT molecular complexity index is 1310. The van der Waals surface area contributed by atoms with Crippen molar-refractivity contribution >= 4 is 22.6 Å². The van der Waals surface area contributed by atoms with Crippen molar-refractivity contribution in [3.63, 3.8) is 0 Å². The number of allylic oxidation sites excluding steroid dienone is 2. The van der Waals surface area contributed by atoms with Gasteiger partial charge in [-0.05, 0) is 81.6 Å². The lowest BCUT2D eigenvalue weighted by molar-refractivity contribution is 0.266. The zero-order valence-corrected chi connectivity index (χ0v) is 21.4. The van der Waals surface area contributed by atoms with Crippen LogP contribution in [0.15, 0.2) is 15.4 Å². The van der Waals surface area contributed by atoms with Crippen LogP contribution in [0, 0.1) is 17.8 Å². The molecule has 36 heavy (non-hydrogen) atoms. The zero-order chi connectivity index (χ0) is 24.6. The summed E-state index contributed by atoms with van der Waals surface area (Å²) in [5.41, 5.74) is 2.94. The van der Waals surface area contributed by atoms with Crippen LogP contribution >= 0.6 is 0 Å². The SMILES string of the molecule is CC1CCC(Cn2c(C3=CCCCC3)nc3nc(-c4noc(=O)[nH]4)nc(N[C@H](C)C4CCC4)c32)CC1. The summed E-state index contributed by atoms with van der Waals surface area (Å²) in [4.78, 5) is 29.0. The number of aromatic amines is 1. The van der Waals surface area contributed by atoms with Gasteiger partial charge in [-0.1, -0.05) is 37.4 Å². The van der Waals surface area contributed by atoms with Crippen LogP contribution in [0.4, 0.5) is 5.82 Å². The molecule has 0 aromatic carbocycles. The lowest BCUT2D eigenvalue weighted by atomic mass is 9.80. The van der Waals surface area contributed by atoms with E-state index in [9.17, 15) is 4.79 Å². The number of H-pyrrole nitrogens is 1. The molecule has 0 saturated heterocycles. The lowest BCUT2D eigenvalue weighted by Gasteiger charge is -2.32. The minimum absolute atomic E-state index is 0.232. The fraction of sp³-hybridized carbons (Fsp3) is 0.667. The molecule has 0 radical (unpaired) electrons. The highest BCUT2D eigenvalue weighted by atomic mass is 16.5. The molecule has 3 heterocycles. The Hall–Kier alpha value is -2.97. The van der Waals surface area contributed by atoms with E-state index in [0.29, 0.717) is 23.3 Å². The van der Waals surface area contributed by atoms with Crippen molar-refractivity contribution in [2.24, 2.45) is 17.8 Å². The van der Waals surface area contributed by atoms with Crippen LogP contribution in [-0.2, 0) is 6.54 Å². The van der Waals surface area contributed by atoms with Crippen LogP contribution < -0.4 is 11.1 Å². The molecule has 1 atom stereocenters. The van der Waals surface area contributed by atoms with Crippen LogP contribution in [0.2, 0.25) is 0 Å². The second kappa shape index (κ2) is 9.82. The first-order valence-electron chi connectivity index (χ1n) is 13.9. The minimum atomic E-state index is -0.615. The molecule has 2 saturated carbocycles. The molecular formula is C27H37N7O2. The van der Waals surface area contributed by atoms with Crippen LogP contribution in [0.3, 0.4) is 0 Å². The van der Waals surface area contributed by atoms with Crippen molar-refractivity contribution in [2.45, 2.75) is 97.1 Å². The van der Waals surface area contributed by atoms with Crippen molar-refractivity contribution < 1.29 is 4.52 Å². The summed E-state index contributed by atoms with van der Waals surface area (Å²) in [5, 5.41) is 7.58. The molecule has 6 rings (SSSR count). The van der Waals surface area contributed by atoms with Gasteiger partial charge in [-0.15, -0.1) is 0 Å². The van der Waals surface area contributed by atoms with E-state index in [4.69, 9.17) is 19.5 Å². The standard InChI is InChI=1S/C27H37N7O2/c1-16-11-13-18(14-12-16)15-34-21-22(28-17(2)19-9-6-10-19)29-24(25-32-27(35)36-33-25)30-23(21)31-26(34)20-7-4-3-5-8-20/h7,16-19H,3-6,8-15H2,1-2H3,(H,28,29,30)(H,32,33,35)/t16?,17-,18?/m1/s1. The van der Waals surface area contributed by atoms with Crippen LogP contribution in [-0.4, -0.2) is 35.7 Å². The molecule has 0 bridgehead atoms. The highest BCUT2D eigenvalue weighted by Gasteiger charge is 2.29. The summed E-state index contributed by atoms with van der Waals surface area (Å²) in [6.07, 6.45) is 15.8. The van der Waals surface area contributed by atoms with E-state index in [1.54, 1.807) is 0 Å². The topological polar surface area (TPSA) is 115 Å². The first-order chi connectivity index (χ1) is 17.5. The molecule has 192 valence electrons. The van der Waals surface area contributed by atoms with Crippen molar-refractivity contribution in [1.82, 2.24) is 29.7 Å². The van der Waals surface area contributed by atoms with Gasteiger partial charge in [0.2, 0.25) is 11.6 Å². The van der Waals surface area contributed by atoms with Gasteiger partial charge in [-0.3, -0.25) is 9.51 Å². The number of imidazole rings is 1. The number of nitrogens with one attached hydrogen (secondary N) is 2. The van der Waals surface area contributed by atoms with Crippen LogP contribution in [0.1, 0.15) is 90.3 Å². The highest BCUT2D eigenvalue weighted by molar-refractivity contribution is 5.88. The summed E-state index contributed by atoms with van der Waals surface area (Å²) in [5.74, 6) is 3.84. The van der Waals surface area contributed by atoms with Gasteiger partial charge in [-0.25, -0.2) is 19.7 Å². The second-order valence-electron chi connectivity index (χ2n) is 11.3. The third-order valence-corrected chi connectivity index (χ3v) is 8.63. The van der Waals surface area contributed by atoms with E-state index in [2.05, 4.69) is 39.9 Å². The Morgan fingerprint density at radius 2 is 1.94 bits per heavy atom. The molecule has 0 amide bonds. The average Bonchev–Trinajstić information content (AvgIpc) is 3.44.